The Labute approximate surface area is 99.5 Å². The zero-order valence-electron chi connectivity index (χ0n) is 10.0. The van der Waals surface area contributed by atoms with E-state index in [0.29, 0.717) is 33.0 Å². The molecule has 0 atom stereocenters. The number of Topliss-reactive ketones (excluding diaryl/α,β-unsaturated/α-hetero) is 1. The molecule has 2 fully saturated rings. The van der Waals surface area contributed by atoms with Gasteiger partial charge < -0.3 is 9.47 Å². The molecule has 2 rings (SSSR count). The van der Waals surface area contributed by atoms with E-state index in [2.05, 4.69) is 0 Å². The molecule has 1 aliphatic heterocycles. The molecule has 0 aromatic rings. The van der Waals surface area contributed by atoms with Crippen molar-refractivity contribution in [3.8, 4) is 0 Å². The first-order chi connectivity index (χ1) is 7.91. The van der Waals surface area contributed by atoms with Gasteiger partial charge in [0.15, 0.2) is 5.79 Å². The fourth-order valence-corrected chi connectivity index (χ4v) is 2.55. The van der Waals surface area contributed by atoms with Gasteiger partial charge in [0.1, 0.15) is 0 Å². The number of carbonyl (C=O) groups is 1. The molecular formula is C12H18F2O3. The largest absolute Gasteiger partial charge is 0.348 e. The normalized spacial score (nSPS) is 25.4. The summed E-state index contributed by atoms with van der Waals surface area (Å²) in [7, 11) is 0. The lowest BCUT2D eigenvalue weighted by Crippen LogP contribution is -2.36. The molecule has 17 heavy (non-hydrogen) atoms. The molecule has 1 aliphatic carbocycles. The second kappa shape index (κ2) is 4.61. The molecular weight excluding hydrogens is 230 g/mol. The third kappa shape index (κ3) is 3.01. The number of alkyl halides is 2. The number of carbonyl (C=O) groups excluding carboxylic acids is 1. The number of ketones is 1. The Balaban J connectivity index is 1.81. The van der Waals surface area contributed by atoms with Crippen LogP contribution in [0.25, 0.3) is 0 Å². The first kappa shape index (κ1) is 12.9. The minimum absolute atomic E-state index is 0.0282. The van der Waals surface area contributed by atoms with Crippen molar-refractivity contribution in [2.45, 2.75) is 50.7 Å². The van der Waals surface area contributed by atoms with Crippen LogP contribution in [-0.4, -0.2) is 30.7 Å². The smallest absolute Gasteiger partial charge is 0.302 e. The second-order valence-electron chi connectivity index (χ2n) is 5.07. The number of halogens is 2. The molecule has 2 aliphatic rings. The van der Waals surface area contributed by atoms with E-state index >= 15 is 0 Å². The van der Waals surface area contributed by atoms with Crippen LogP contribution in [0, 0.1) is 5.92 Å². The lowest BCUT2D eigenvalue weighted by Gasteiger charge is -2.35. The summed E-state index contributed by atoms with van der Waals surface area (Å²) in [5.41, 5.74) is 0. The maximum absolute atomic E-state index is 12.8. The van der Waals surface area contributed by atoms with E-state index in [9.17, 15) is 13.6 Å². The predicted molar refractivity (Wildman–Crippen MR) is 56.8 cm³/mol. The second-order valence-corrected chi connectivity index (χ2v) is 5.07. The number of hydrogen-bond donors (Lipinski definition) is 0. The standard InChI is InChI=1S/C12H18F2O3/c1-11(13,14)10(15)8-9-2-4-12(5-3-9)16-6-7-17-12/h9H,2-8H2,1H3. The quantitative estimate of drug-likeness (QED) is 0.770. The first-order valence-electron chi connectivity index (χ1n) is 6.10. The Morgan fingerprint density at radius 3 is 2.29 bits per heavy atom. The molecule has 5 heteroatoms. The van der Waals surface area contributed by atoms with Crippen molar-refractivity contribution < 1.29 is 23.0 Å². The van der Waals surface area contributed by atoms with Crippen LogP contribution in [0.3, 0.4) is 0 Å². The summed E-state index contributed by atoms with van der Waals surface area (Å²) in [4.78, 5) is 11.2. The van der Waals surface area contributed by atoms with Gasteiger partial charge in [0.05, 0.1) is 13.2 Å². The summed E-state index contributed by atoms with van der Waals surface area (Å²) < 4.78 is 36.6. The Hall–Kier alpha value is -0.550. The maximum Gasteiger partial charge on any atom is 0.302 e. The molecule has 1 saturated heterocycles. The summed E-state index contributed by atoms with van der Waals surface area (Å²) in [5, 5.41) is 0. The topological polar surface area (TPSA) is 35.5 Å². The summed E-state index contributed by atoms with van der Waals surface area (Å²) >= 11 is 0. The third-order valence-corrected chi connectivity index (χ3v) is 3.64. The monoisotopic (exact) mass is 248 g/mol. The van der Waals surface area contributed by atoms with Crippen molar-refractivity contribution in [3.63, 3.8) is 0 Å². The number of ether oxygens (including phenoxy) is 2. The Bertz CT molecular complexity index is 283. The fraction of sp³-hybridized carbons (Fsp3) is 0.917. The Morgan fingerprint density at radius 1 is 1.29 bits per heavy atom. The predicted octanol–water partition coefficient (Wildman–Crippen LogP) is 2.53. The van der Waals surface area contributed by atoms with Gasteiger partial charge in [-0.3, -0.25) is 4.79 Å². The van der Waals surface area contributed by atoms with Crippen molar-refractivity contribution in [1.29, 1.82) is 0 Å². The minimum atomic E-state index is -3.20. The number of rotatable bonds is 3. The molecule has 0 unspecified atom stereocenters. The molecule has 1 heterocycles. The van der Waals surface area contributed by atoms with Gasteiger partial charge in [0.25, 0.3) is 0 Å². The highest BCUT2D eigenvalue weighted by Crippen LogP contribution is 2.39. The van der Waals surface area contributed by atoms with Gasteiger partial charge in [-0.15, -0.1) is 0 Å². The summed E-state index contributed by atoms with van der Waals surface area (Å²) in [5.74, 6) is -4.58. The molecule has 0 aromatic carbocycles. The molecule has 0 radical (unpaired) electrons. The van der Waals surface area contributed by atoms with Crippen LogP contribution in [0.1, 0.15) is 39.0 Å². The maximum atomic E-state index is 12.8. The molecule has 1 spiro atoms. The lowest BCUT2D eigenvalue weighted by atomic mass is 9.82. The molecule has 1 saturated carbocycles. The molecule has 0 bridgehead atoms. The van der Waals surface area contributed by atoms with E-state index in [1.165, 1.54) is 0 Å². The van der Waals surface area contributed by atoms with E-state index < -0.39 is 17.5 Å². The average molecular weight is 248 g/mol. The van der Waals surface area contributed by atoms with Crippen molar-refractivity contribution >= 4 is 5.78 Å². The van der Waals surface area contributed by atoms with Crippen molar-refractivity contribution in [2.75, 3.05) is 13.2 Å². The third-order valence-electron chi connectivity index (χ3n) is 3.64. The van der Waals surface area contributed by atoms with Crippen LogP contribution in [0.2, 0.25) is 0 Å². The zero-order chi connectivity index (χ0) is 12.5. The highest BCUT2D eigenvalue weighted by atomic mass is 19.3. The van der Waals surface area contributed by atoms with Crippen molar-refractivity contribution in [1.82, 2.24) is 0 Å². The van der Waals surface area contributed by atoms with E-state index in [-0.39, 0.29) is 12.3 Å². The summed E-state index contributed by atoms with van der Waals surface area (Å²) in [6.45, 7) is 1.89. The van der Waals surface area contributed by atoms with Crippen LogP contribution in [0.15, 0.2) is 0 Å². The molecule has 98 valence electrons. The van der Waals surface area contributed by atoms with Crippen LogP contribution in [0.4, 0.5) is 8.78 Å². The van der Waals surface area contributed by atoms with Gasteiger partial charge in [-0.1, -0.05) is 0 Å². The molecule has 3 nitrogen and oxygen atoms in total. The van der Waals surface area contributed by atoms with Gasteiger partial charge in [0, 0.05) is 26.2 Å². The van der Waals surface area contributed by atoms with Gasteiger partial charge in [-0.2, -0.15) is 8.78 Å². The van der Waals surface area contributed by atoms with E-state index in [1.54, 1.807) is 0 Å². The van der Waals surface area contributed by atoms with Crippen LogP contribution in [-0.2, 0) is 14.3 Å². The van der Waals surface area contributed by atoms with Crippen LogP contribution >= 0.6 is 0 Å². The van der Waals surface area contributed by atoms with Gasteiger partial charge in [-0.25, -0.2) is 0 Å². The van der Waals surface area contributed by atoms with Crippen molar-refractivity contribution in [3.05, 3.63) is 0 Å². The van der Waals surface area contributed by atoms with Gasteiger partial charge in [-0.05, 0) is 18.8 Å². The zero-order valence-corrected chi connectivity index (χ0v) is 10.0. The van der Waals surface area contributed by atoms with Gasteiger partial charge >= 0.3 is 5.92 Å². The highest BCUT2D eigenvalue weighted by molar-refractivity contribution is 5.85. The van der Waals surface area contributed by atoms with Crippen LogP contribution < -0.4 is 0 Å². The average Bonchev–Trinajstić information content (AvgIpc) is 2.69. The summed E-state index contributed by atoms with van der Waals surface area (Å²) in [6.07, 6.45) is 2.84. The van der Waals surface area contributed by atoms with Gasteiger partial charge in [0.2, 0.25) is 5.78 Å². The number of hydrogen-bond acceptors (Lipinski definition) is 3. The molecule has 0 aromatic heterocycles. The molecule has 0 amide bonds. The first-order valence-corrected chi connectivity index (χ1v) is 6.10. The van der Waals surface area contributed by atoms with E-state index in [1.807, 2.05) is 0 Å². The highest BCUT2D eigenvalue weighted by Gasteiger charge is 2.42. The minimum Gasteiger partial charge on any atom is -0.348 e. The van der Waals surface area contributed by atoms with Crippen LogP contribution in [0.5, 0.6) is 0 Å². The van der Waals surface area contributed by atoms with E-state index in [4.69, 9.17) is 9.47 Å². The molecule has 0 N–H and O–H groups in total. The fourth-order valence-electron chi connectivity index (χ4n) is 2.55. The Kier molecular flexibility index (Phi) is 3.50. The Morgan fingerprint density at radius 2 is 1.82 bits per heavy atom. The lowest BCUT2D eigenvalue weighted by molar-refractivity contribution is -0.183. The van der Waals surface area contributed by atoms with E-state index in [0.717, 1.165) is 12.8 Å². The summed E-state index contributed by atoms with van der Waals surface area (Å²) in [6, 6.07) is 0. The SMILES string of the molecule is CC(F)(F)C(=O)CC1CCC2(CC1)OCCO2. The van der Waals surface area contributed by atoms with Crippen molar-refractivity contribution in [2.24, 2.45) is 5.92 Å².